The van der Waals surface area contributed by atoms with E-state index in [9.17, 15) is 4.79 Å². The first kappa shape index (κ1) is 10.4. The van der Waals surface area contributed by atoms with Crippen LogP contribution < -0.4 is 5.32 Å². The van der Waals surface area contributed by atoms with Gasteiger partial charge in [-0.1, -0.05) is 0 Å². The lowest BCUT2D eigenvalue weighted by Gasteiger charge is -2.10. The molecule has 0 spiro atoms. The zero-order valence-electron chi connectivity index (χ0n) is 8.47. The topological polar surface area (TPSA) is 98.9 Å². The van der Waals surface area contributed by atoms with E-state index >= 15 is 0 Å². The fraction of sp³-hybridized carbons (Fsp3) is 0.400. The van der Waals surface area contributed by atoms with Crippen molar-refractivity contribution in [2.24, 2.45) is 5.41 Å². The number of hydrogen-bond donors (Lipinski definition) is 2. The number of aliphatic carboxylic acids is 1. The van der Waals surface area contributed by atoms with Crippen LogP contribution in [0.25, 0.3) is 0 Å². The molecule has 1 heterocycles. The Bertz CT molecular complexity index is 445. The summed E-state index contributed by atoms with van der Waals surface area (Å²) in [6.07, 6.45) is 4.16. The lowest BCUT2D eigenvalue weighted by molar-refractivity contribution is -0.142. The molecule has 0 atom stereocenters. The summed E-state index contributed by atoms with van der Waals surface area (Å²) in [6.45, 7) is 0.350. The molecule has 1 aliphatic rings. The predicted molar refractivity (Wildman–Crippen MR) is 54.5 cm³/mol. The smallest absolute Gasteiger partial charge is 0.311 e. The highest BCUT2D eigenvalue weighted by molar-refractivity contribution is 5.78. The Hall–Kier alpha value is -2.16. The maximum Gasteiger partial charge on any atom is 0.311 e. The van der Waals surface area contributed by atoms with Crippen LogP contribution in [0.3, 0.4) is 0 Å². The van der Waals surface area contributed by atoms with Crippen LogP contribution in [0.1, 0.15) is 18.5 Å². The Balaban J connectivity index is 1.95. The van der Waals surface area contributed by atoms with Crippen molar-refractivity contribution in [3.05, 3.63) is 18.1 Å². The highest BCUT2D eigenvalue weighted by atomic mass is 16.4. The quantitative estimate of drug-likeness (QED) is 0.768. The number of hydrogen-bond acceptors (Lipinski definition) is 5. The highest BCUT2D eigenvalue weighted by Gasteiger charge is 2.50. The van der Waals surface area contributed by atoms with Gasteiger partial charge in [0.2, 0.25) is 0 Å². The molecule has 1 aromatic heterocycles. The van der Waals surface area contributed by atoms with Crippen molar-refractivity contribution in [3.63, 3.8) is 0 Å². The van der Waals surface area contributed by atoms with Crippen molar-refractivity contribution in [2.45, 2.75) is 12.8 Å². The maximum absolute atomic E-state index is 10.9. The van der Waals surface area contributed by atoms with Gasteiger partial charge in [-0.25, -0.2) is 9.97 Å². The number of rotatable bonds is 4. The first-order valence-electron chi connectivity index (χ1n) is 4.86. The van der Waals surface area contributed by atoms with Gasteiger partial charge in [0.15, 0.2) is 5.69 Å². The molecule has 6 heteroatoms. The first-order valence-corrected chi connectivity index (χ1v) is 4.86. The third kappa shape index (κ3) is 1.93. The molecule has 0 radical (unpaired) electrons. The molecule has 16 heavy (non-hydrogen) atoms. The molecule has 1 aliphatic carbocycles. The van der Waals surface area contributed by atoms with Gasteiger partial charge in [-0.15, -0.1) is 0 Å². The Morgan fingerprint density at radius 1 is 1.56 bits per heavy atom. The van der Waals surface area contributed by atoms with Crippen molar-refractivity contribution in [1.82, 2.24) is 9.97 Å². The summed E-state index contributed by atoms with van der Waals surface area (Å²) < 4.78 is 0. The number of nitrogens with zero attached hydrogens (tertiary/aromatic N) is 3. The van der Waals surface area contributed by atoms with Gasteiger partial charge in [0.05, 0.1) is 17.8 Å². The number of nitrogens with one attached hydrogen (secondary N) is 1. The van der Waals surface area contributed by atoms with E-state index in [1.807, 2.05) is 6.07 Å². The van der Waals surface area contributed by atoms with Crippen LogP contribution in [0.15, 0.2) is 12.4 Å². The summed E-state index contributed by atoms with van der Waals surface area (Å²) in [6, 6.07) is 1.86. The molecule has 2 rings (SSSR count). The standard InChI is InChI=1S/C10H10N4O2/c11-3-7-4-13-8(5-12-7)14-6-10(1-2-10)9(15)16/h4-5H,1-2,6H2,(H,13,14)(H,15,16). The molecular formula is C10H10N4O2. The summed E-state index contributed by atoms with van der Waals surface area (Å²) in [5, 5.41) is 20.4. The predicted octanol–water partition coefficient (Wildman–Crippen LogP) is 0.625. The molecule has 0 saturated heterocycles. The molecule has 6 nitrogen and oxygen atoms in total. The molecule has 0 unspecified atom stereocenters. The third-order valence-electron chi connectivity index (χ3n) is 2.68. The van der Waals surface area contributed by atoms with Gasteiger partial charge in [0.1, 0.15) is 11.9 Å². The molecule has 1 aromatic rings. The summed E-state index contributed by atoms with van der Waals surface area (Å²) in [5.41, 5.74) is -0.389. The normalized spacial score (nSPS) is 16.2. The molecule has 2 N–H and O–H groups in total. The SMILES string of the molecule is N#Cc1cnc(NCC2(C(=O)O)CC2)cn1. The second-order valence-corrected chi connectivity index (χ2v) is 3.84. The summed E-state index contributed by atoms with van der Waals surface area (Å²) in [4.78, 5) is 18.7. The van der Waals surface area contributed by atoms with Crippen LogP contribution >= 0.6 is 0 Å². The van der Waals surface area contributed by atoms with E-state index < -0.39 is 11.4 Å². The first-order chi connectivity index (χ1) is 7.66. The highest BCUT2D eigenvalue weighted by Crippen LogP contribution is 2.45. The number of carbonyl (C=O) groups is 1. The number of carboxylic acid groups (broad SMARTS) is 1. The van der Waals surface area contributed by atoms with Crippen molar-refractivity contribution >= 4 is 11.8 Å². The molecule has 1 fully saturated rings. The lowest BCUT2D eigenvalue weighted by Crippen LogP contribution is -2.24. The minimum absolute atomic E-state index is 0.241. The van der Waals surface area contributed by atoms with E-state index in [2.05, 4.69) is 15.3 Å². The molecular weight excluding hydrogens is 208 g/mol. The zero-order valence-corrected chi connectivity index (χ0v) is 8.47. The van der Waals surface area contributed by atoms with E-state index in [0.717, 1.165) is 0 Å². The Morgan fingerprint density at radius 3 is 2.75 bits per heavy atom. The number of nitriles is 1. The molecule has 0 bridgehead atoms. The van der Waals surface area contributed by atoms with E-state index in [1.165, 1.54) is 12.4 Å². The number of carboxylic acids is 1. The third-order valence-corrected chi connectivity index (χ3v) is 2.68. The lowest BCUT2D eigenvalue weighted by atomic mass is 10.1. The summed E-state index contributed by atoms with van der Waals surface area (Å²) in [7, 11) is 0. The van der Waals surface area contributed by atoms with Gasteiger partial charge < -0.3 is 10.4 Å². The largest absolute Gasteiger partial charge is 0.481 e. The Morgan fingerprint density at radius 2 is 2.31 bits per heavy atom. The van der Waals surface area contributed by atoms with Gasteiger partial charge in [0, 0.05) is 6.54 Å². The number of anilines is 1. The van der Waals surface area contributed by atoms with Crippen LogP contribution in [0.4, 0.5) is 5.82 Å². The van der Waals surface area contributed by atoms with Gasteiger partial charge in [-0.05, 0) is 12.8 Å². The van der Waals surface area contributed by atoms with Crippen LogP contribution in [0, 0.1) is 16.7 Å². The van der Waals surface area contributed by atoms with E-state index in [0.29, 0.717) is 25.2 Å². The van der Waals surface area contributed by atoms with E-state index in [1.54, 1.807) is 0 Å². The van der Waals surface area contributed by atoms with Crippen molar-refractivity contribution in [1.29, 1.82) is 5.26 Å². The minimum atomic E-state index is -0.776. The molecule has 0 aromatic carbocycles. The van der Waals surface area contributed by atoms with E-state index in [-0.39, 0.29) is 5.69 Å². The van der Waals surface area contributed by atoms with Crippen LogP contribution in [-0.4, -0.2) is 27.6 Å². The molecule has 82 valence electrons. The summed E-state index contributed by atoms with van der Waals surface area (Å²) >= 11 is 0. The van der Waals surface area contributed by atoms with Gasteiger partial charge in [-0.2, -0.15) is 5.26 Å². The second-order valence-electron chi connectivity index (χ2n) is 3.84. The van der Waals surface area contributed by atoms with Crippen molar-refractivity contribution < 1.29 is 9.90 Å². The average Bonchev–Trinajstić information content (AvgIpc) is 3.08. The maximum atomic E-state index is 10.9. The minimum Gasteiger partial charge on any atom is -0.481 e. The summed E-state index contributed by atoms with van der Waals surface area (Å²) in [5.74, 6) is -0.284. The monoisotopic (exact) mass is 218 g/mol. The fourth-order valence-electron chi connectivity index (χ4n) is 1.35. The number of aromatic nitrogens is 2. The second kappa shape index (κ2) is 3.77. The van der Waals surface area contributed by atoms with Crippen molar-refractivity contribution in [2.75, 3.05) is 11.9 Å². The van der Waals surface area contributed by atoms with Crippen molar-refractivity contribution in [3.8, 4) is 6.07 Å². The van der Waals surface area contributed by atoms with Crippen LogP contribution in [0.5, 0.6) is 0 Å². The average molecular weight is 218 g/mol. The van der Waals surface area contributed by atoms with Gasteiger partial charge in [0.25, 0.3) is 0 Å². The molecule has 0 aliphatic heterocycles. The molecule has 0 amide bonds. The van der Waals surface area contributed by atoms with Crippen LogP contribution in [0.2, 0.25) is 0 Å². The fourth-order valence-corrected chi connectivity index (χ4v) is 1.35. The van der Waals surface area contributed by atoms with Gasteiger partial charge in [-0.3, -0.25) is 4.79 Å². The molecule has 1 saturated carbocycles. The zero-order chi connectivity index (χ0) is 11.6. The van der Waals surface area contributed by atoms with Crippen LogP contribution in [-0.2, 0) is 4.79 Å². The van der Waals surface area contributed by atoms with E-state index in [4.69, 9.17) is 10.4 Å². The Kier molecular flexibility index (Phi) is 2.44. The Labute approximate surface area is 92.0 Å². The van der Waals surface area contributed by atoms with Gasteiger partial charge >= 0.3 is 5.97 Å².